The molecule has 0 atom stereocenters. The number of aromatic hydroxyl groups is 1. The molecule has 142 valence electrons. The van der Waals surface area contributed by atoms with Crippen LogP contribution in [0.1, 0.15) is 15.9 Å². The summed E-state index contributed by atoms with van der Waals surface area (Å²) in [6.45, 7) is 0. The van der Waals surface area contributed by atoms with Gasteiger partial charge in [0.05, 0.1) is 17.5 Å². The third kappa shape index (κ3) is 4.03. The molecule has 2 N–H and O–H groups in total. The Kier molecular flexibility index (Phi) is 5.11. The minimum atomic E-state index is -0.502. The Morgan fingerprint density at radius 2 is 1.83 bits per heavy atom. The second-order valence-corrected chi connectivity index (χ2v) is 6.17. The Hall–Kier alpha value is -4.26. The van der Waals surface area contributed by atoms with Crippen molar-refractivity contribution in [2.24, 2.45) is 5.10 Å². The molecule has 2 heterocycles. The number of carbonyl (C=O) groups is 1. The Morgan fingerprint density at radius 1 is 1.03 bits per heavy atom. The molecule has 0 radical (unpaired) electrons. The molecule has 0 bridgehead atoms. The lowest BCUT2D eigenvalue weighted by molar-refractivity contribution is 0.0952. The highest BCUT2D eigenvalue weighted by Gasteiger charge is 2.12. The van der Waals surface area contributed by atoms with E-state index < -0.39 is 5.91 Å². The minimum absolute atomic E-state index is 0.104. The SMILES string of the molecule is O=C(N/N=C\c1cn(-c2ccccc2)nc1-c1cccnc1)c1ccccc1O. The van der Waals surface area contributed by atoms with Crippen LogP contribution in [-0.4, -0.2) is 32.0 Å². The number of benzene rings is 2. The normalized spacial score (nSPS) is 10.9. The number of para-hydroxylation sites is 2. The summed E-state index contributed by atoms with van der Waals surface area (Å²) >= 11 is 0. The van der Waals surface area contributed by atoms with E-state index in [1.165, 1.54) is 18.3 Å². The summed E-state index contributed by atoms with van der Waals surface area (Å²) in [6.07, 6.45) is 6.76. The van der Waals surface area contributed by atoms with Gasteiger partial charge in [0, 0.05) is 29.7 Å². The van der Waals surface area contributed by atoms with Crippen molar-refractivity contribution in [2.45, 2.75) is 0 Å². The van der Waals surface area contributed by atoms with Gasteiger partial charge in [-0.2, -0.15) is 10.2 Å². The first-order valence-corrected chi connectivity index (χ1v) is 8.89. The monoisotopic (exact) mass is 383 g/mol. The first-order valence-electron chi connectivity index (χ1n) is 8.89. The molecule has 0 aliphatic rings. The molecule has 29 heavy (non-hydrogen) atoms. The number of hydrogen-bond acceptors (Lipinski definition) is 5. The van der Waals surface area contributed by atoms with Crippen LogP contribution in [0.3, 0.4) is 0 Å². The highest BCUT2D eigenvalue weighted by Crippen LogP contribution is 2.22. The highest BCUT2D eigenvalue weighted by molar-refractivity contribution is 5.97. The molecule has 2 aromatic heterocycles. The summed E-state index contributed by atoms with van der Waals surface area (Å²) in [5.41, 5.74) is 5.70. The van der Waals surface area contributed by atoms with Crippen molar-refractivity contribution >= 4 is 12.1 Å². The van der Waals surface area contributed by atoms with Crippen molar-refractivity contribution in [1.82, 2.24) is 20.2 Å². The summed E-state index contributed by atoms with van der Waals surface area (Å²) < 4.78 is 1.74. The van der Waals surface area contributed by atoms with Gasteiger partial charge in [0.1, 0.15) is 11.4 Å². The van der Waals surface area contributed by atoms with Gasteiger partial charge in [0.15, 0.2) is 0 Å². The second kappa shape index (κ2) is 8.18. The fourth-order valence-corrected chi connectivity index (χ4v) is 2.81. The van der Waals surface area contributed by atoms with E-state index in [1.807, 2.05) is 48.7 Å². The summed E-state index contributed by atoms with van der Waals surface area (Å²) in [4.78, 5) is 16.4. The van der Waals surface area contributed by atoms with Crippen LogP contribution >= 0.6 is 0 Å². The number of phenols is 1. The summed E-state index contributed by atoms with van der Waals surface area (Å²) in [5.74, 6) is -0.606. The van der Waals surface area contributed by atoms with E-state index in [2.05, 4.69) is 20.6 Å². The minimum Gasteiger partial charge on any atom is -0.507 e. The average molecular weight is 383 g/mol. The highest BCUT2D eigenvalue weighted by atomic mass is 16.3. The van der Waals surface area contributed by atoms with Gasteiger partial charge in [-0.1, -0.05) is 30.3 Å². The van der Waals surface area contributed by atoms with Gasteiger partial charge in [-0.05, 0) is 36.4 Å². The van der Waals surface area contributed by atoms with E-state index in [1.54, 1.807) is 29.2 Å². The number of amides is 1. The van der Waals surface area contributed by atoms with Gasteiger partial charge >= 0.3 is 0 Å². The number of hydrazone groups is 1. The lowest BCUT2D eigenvalue weighted by Gasteiger charge is -2.02. The maximum absolute atomic E-state index is 12.2. The fourth-order valence-electron chi connectivity index (χ4n) is 2.81. The zero-order valence-corrected chi connectivity index (χ0v) is 15.3. The van der Waals surface area contributed by atoms with E-state index in [0.717, 1.165) is 11.3 Å². The molecule has 0 fully saturated rings. The van der Waals surface area contributed by atoms with Crippen LogP contribution < -0.4 is 5.43 Å². The average Bonchev–Trinajstić information content (AvgIpc) is 3.19. The molecule has 4 aromatic rings. The van der Waals surface area contributed by atoms with Gasteiger partial charge in [0.2, 0.25) is 0 Å². The summed E-state index contributed by atoms with van der Waals surface area (Å²) in [6, 6.07) is 19.7. The van der Waals surface area contributed by atoms with Crippen LogP contribution in [0.15, 0.2) is 90.4 Å². The van der Waals surface area contributed by atoms with E-state index >= 15 is 0 Å². The Bertz CT molecular complexity index is 1150. The first-order chi connectivity index (χ1) is 14.2. The zero-order chi connectivity index (χ0) is 20.1. The molecule has 0 saturated carbocycles. The maximum atomic E-state index is 12.2. The van der Waals surface area contributed by atoms with Crippen LogP contribution in [0, 0.1) is 0 Å². The van der Waals surface area contributed by atoms with Crippen molar-refractivity contribution in [3.63, 3.8) is 0 Å². The van der Waals surface area contributed by atoms with Crippen LogP contribution in [0.25, 0.3) is 16.9 Å². The fraction of sp³-hybridized carbons (Fsp3) is 0. The molecular formula is C22H17N5O2. The number of phenolic OH excluding ortho intramolecular Hbond substituents is 1. The predicted molar refractivity (Wildman–Crippen MR) is 110 cm³/mol. The molecule has 0 spiro atoms. The smallest absolute Gasteiger partial charge is 0.275 e. The molecule has 0 aliphatic heterocycles. The maximum Gasteiger partial charge on any atom is 0.275 e. The topological polar surface area (TPSA) is 92.4 Å². The first kappa shape index (κ1) is 18.1. The van der Waals surface area contributed by atoms with Crippen LogP contribution in [0.2, 0.25) is 0 Å². The molecule has 0 aliphatic carbocycles. The molecular weight excluding hydrogens is 366 g/mol. The Balaban J connectivity index is 1.63. The quantitative estimate of drug-likeness (QED) is 0.408. The summed E-state index contributed by atoms with van der Waals surface area (Å²) in [7, 11) is 0. The largest absolute Gasteiger partial charge is 0.507 e. The third-order valence-corrected chi connectivity index (χ3v) is 4.22. The number of hydrogen-bond donors (Lipinski definition) is 2. The number of carbonyl (C=O) groups excluding carboxylic acids is 1. The van der Waals surface area contributed by atoms with E-state index in [4.69, 9.17) is 0 Å². The predicted octanol–water partition coefficient (Wildman–Crippen LogP) is 3.40. The standard InChI is InChI=1S/C22H17N5O2/c28-20-11-5-4-10-19(20)22(29)25-24-14-17-15-27(18-8-2-1-3-9-18)26-21(17)16-7-6-12-23-13-16/h1-15,28H,(H,25,29)/b24-14-. The van der Waals surface area contributed by atoms with Crippen molar-refractivity contribution in [3.8, 4) is 22.7 Å². The number of pyridine rings is 1. The Morgan fingerprint density at radius 3 is 2.59 bits per heavy atom. The van der Waals surface area contributed by atoms with Crippen LogP contribution in [0.4, 0.5) is 0 Å². The van der Waals surface area contributed by atoms with Crippen LogP contribution in [0.5, 0.6) is 5.75 Å². The van der Waals surface area contributed by atoms with Gasteiger partial charge in [-0.3, -0.25) is 9.78 Å². The zero-order valence-electron chi connectivity index (χ0n) is 15.3. The van der Waals surface area contributed by atoms with E-state index in [-0.39, 0.29) is 11.3 Å². The molecule has 7 nitrogen and oxygen atoms in total. The molecule has 1 amide bonds. The van der Waals surface area contributed by atoms with E-state index in [0.29, 0.717) is 11.3 Å². The summed E-state index contributed by atoms with van der Waals surface area (Å²) in [5, 5.41) is 18.5. The number of aromatic nitrogens is 3. The van der Waals surface area contributed by atoms with Gasteiger partial charge in [-0.25, -0.2) is 10.1 Å². The molecule has 7 heteroatoms. The van der Waals surface area contributed by atoms with Crippen molar-refractivity contribution in [2.75, 3.05) is 0 Å². The van der Waals surface area contributed by atoms with Crippen molar-refractivity contribution < 1.29 is 9.90 Å². The van der Waals surface area contributed by atoms with Crippen LogP contribution in [-0.2, 0) is 0 Å². The molecule has 2 aromatic carbocycles. The molecule has 0 saturated heterocycles. The molecule has 4 rings (SSSR count). The van der Waals surface area contributed by atoms with Gasteiger partial charge in [0.25, 0.3) is 5.91 Å². The lowest BCUT2D eigenvalue weighted by Crippen LogP contribution is -2.17. The lowest BCUT2D eigenvalue weighted by atomic mass is 10.1. The van der Waals surface area contributed by atoms with E-state index in [9.17, 15) is 9.90 Å². The number of rotatable bonds is 5. The third-order valence-electron chi connectivity index (χ3n) is 4.22. The number of nitrogens with zero attached hydrogens (tertiary/aromatic N) is 4. The second-order valence-electron chi connectivity index (χ2n) is 6.17. The number of nitrogens with one attached hydrogen (secondary N) is 1. The molecule has 0 unspecified atom stereocenters. The van der Waals surface area contributed by atoms with Crippen molar-refractivity contribution in [1.29, 1.82) is 0 Å². The van der Waals surface area contributed by atoms with Gasteiger partial charge in [-0.15, -0.1) is 0 Å². The van der Waals surface area contributed by atoms with Crippen molar-refractivity contribution in [3.05, 3.63) is 96.4 Å². The Labute approximate surface area is 167 Å². The van der Waals surface area contributed by atoms with Gasteiger partial charge < -0.3 is 5.11 Å².